The first-order valence-corrected chi connectivity index (χ1v) is 7.84. The van der Waals surface area contributed by atoms with Gasteiger partial charge in [0.15, 0.2) is 0 Å². The molecule has 5 nitrogen and oxygen atoms in total. The Morgan fingerprint density at radius 1 is 1.04 bits per heavy atom. The van der Waals surface area contributed by atoms with Gasteiger partial charge < -0.3 is 5.11 Å². The molecule has 1 unspecified atom stereocenters. The van der Waals surface area contributed by atoms with E-state index in [0.29, 0.717) is 19.3 Å². The van der Waals surface area contributed by atoms with Gasteiger partial charge in [-0.05, 0) is 24.0 Å². The van der Waals surface area contributed by atoms with Crippen molar-refractivity contribution in [1.29, 1.82) is 0 Å². The lowest BCUT2D eigenvalue weighted by molar-refractivity contribution is -0.184. The predicted octanol–water partition coefficient (Wildman–Crippen LogP) is 2.91. The van der Waals surface area contributed by atoms with Crippen LogP contribution in [0.25, 0.3) is 0 Å². The highest BCUT2D eigenvalue weighted by atomic mass is 16.7. The van der Waals surface area contributed by atoms with Crippen LogP contribution in [0, 0.1) is 5.92 Å². The average molecular weight is 327 g/mol. The summed E-state index contributed by atoms with van der Waals surface area (Å²) in [6.45, 7) is 0.253. The molecule has 0 heterocycles. The second kappa shape index (κ2) is 9.47. The standard InChI is InChI=1S/C19H21NO4/c21-15-20(24-14-17-9-5-2-6-10-17)13-18(19(22)23)12-11-16-7-3-1-4-8-16/h1-10,15,18H,11-14H2,(H,22,23). The molecule has 126 valence electrons. The molecule has 1 amide bonds. The lowest BCUT2D eigenvalue weighted by Gasteiger charge is -2.21. The van der Waals surface area contributed by atoms with Crippen molar-refractivity contribution in [3.8, 4) is 0 Å². The van der Waals surface area contributed by atoms with Crippen LogP contribution in [0.5, 0.6) is 0 Å². The zero-order valence-corrected chi connectivity index (χ0v) is 13.4. The second-order valence-corrected chi connectivity index (χ2v) is 5.52. The number of carbonyl (C=O) groups is 2. The van der Waals surface area contributed by atoms with E-state index in [4.69, 9.17) is 4.84 Å². The zero-order valence-electron chi connectivity index (χ0n) is 13.4. The van der Waals surface area contributed by atoms with Crippen molar-refractivity contribution in [2.24, 2.45) is 5.92 Å². The van der Waals surface area contributed by atoms with Crippen molar-refractivity contribution in [2.75, 3.05) is 6.54 Å². The number of carbonyl (C=O) groups excluding carboxylic acids is 1. The number of hydrogen-bond donors (Lipinski definition) is 1. The molecule has 0 spiro atoms. The van der Waals surface area contributed by atoms with Gasteiger partial charge in [-0.3, -0.25) is 14.4 Å². The number of carboxylic acids is 1. The number of aryl methyl sites for hydroxylation is 1. The first kappa shape index (κ1) is 17.7. The van der Waals surface area contributed by atoms with E-state index in [2.05, 4.69) is 0 Å². The Kier molecular flexibility index (Phi) is 6.98. The van der Waals surface area contributed by atoms with Gasteiger partial charge in [0.1, 0.15) is 6.61 Å². The second-order valence-electron chi connectivity index (χ2n) is 5.52. The summed E-state index contributed by atoms with van der Waals surface area (Å²) in [6.07, 6.45) is 1.61. The van der Waals surface area contributed by atoms with Crippen LogP contribution in [0.1, 0.15) is 17.5 Å². The predicted molar refractivity (Wildman–Crippen MR) is 89.9 cm³/mol. The van der Waals surface area contributed by atoms with Gasteiger partial charge >= 0.3 is 5.97 Å². The van der Waals surface area contributed by atoms with Crippen LogP contribution in [0.15, 0.2) is 60.7 Å². The maximum Gasteiger partial charge on any atom is 0.308 e. The van der Waals surface area contributed by atoms with E-state index in [1.54, 1.807) is 0 Å². The van der Waals surface area contributed by atoms with Gasteiger partial charge in [0.25, 0.3) is 0 Å². The molecule has 0 aliphatic carbocycles. The SMILES string of the molecule is O=CN(CC(CCc1ccccc1)C(=O)O)OCc1ccccc1. The average Bonchev–Trinajstić information content (AvgIpc) is 2.62. The van der Waals surface area contributed by atoms with Crippen molar-refractivity contribution < 1.29 is 19.5 Å². The molecule has 0 fully saturated rings. The summed E-state index contributed by atoms with van der Waals surface area (Å²) in [5.41, 5.74) is 1.99. The van der Waals surface area contributed by atoms with E-state index in [1.807, 2.05) is 60.7 Å². The summed E-state index contributed by atoms with van der Waals surface area (Å²) in [6, 6.07) is 19.1. The number of rotatable bonds is 10. The van der Waals surface area contributed by atoms with E-state index in [1.165, 1.54) is 0 Å². The highest BCUT2D eigenvalue weighted by molar-refractivity contribution is 5.70. The van der Waals surface area contributed by atoms with E-state index in [9.17, 15) is 14.7 Å². The Morgan fingerprint density at radius 2 is 1.62 bits per heavy atom. The van der Waals surface area contributed by atoms with Crippen molar-refractivity contribution in [1.82, 2.24) is 5.06 Å². The van der Waals surface area contributed by atoms with E-state index in [0.717, 1.165) is 16.2 Å². The number of hydroxylamine groups is 2. The molecule has 0 bridgehead atoms. The molecule has 2 aromatic rings. The van der Waals surface area contributed by atoms with Crippen molar-refractivity contribution in [3.05, 3.63) is 71.8 Å². The third-order valence-electron chi connectivity index (χ3n) is 3.73. The zero-order chi connectivity index (χ0) is 17.2. The third kappa shape index (κ3) is 5.85. The van der Waals surface area contributed by atoms with Gasteiger partial charge in [-0.25, -0.2) is 5.06 Å². The molecule has 0 saturated heterocycles. The van der Waals surface area contributed by atoms with Crippen molar-refractivity contribution in [2.45, 2.75) is 19.4 Å². The van der Waals surface area contributed by atoms with Crippen LogP contribution < -0.4 is 0 Å². The lowest BCUT2D eigenvalue weighted by Crippen LogP contribution is -2.32. The monoisotopic (exact) mass is 327 g/mol. The minimum Gasteiger partial charge on any atom is -0.481 e. The van der Waals surface area contributed by atoms with Crippen molar-refractivity contribution in [3.63, 3.8) is 0 Å². The number of amides is 1. The topological polar surface area (TPSA) is 66.8 Å². The number of aliphatic carboxylic acids is 1. The fourth-order valence-electron chi connectivity index (χ4n) is 2.35. The van der Waals surface area contributed by atoms with Crippen LogP contribution in [-0.2, 0) is 27.5 Å². The number of hydrogen-bond acceptors (Lipinski definition) is 3. The van der Waals surface area contributed by atoms with Crippen LogP contribution in [0.2, 0.25) is 0 Å². The summed E-state index contributed by atoms with van der Waals surface area (Å²) in [7, 11) is 0. The normalized spacial score (nSPS) is 11.7. The highest BCUT2D eigenvalue weighted by Crippen LogP contribution is 2.13. The highest BCUT2D eigenvalue weighted by Gasteiger charge is 2.21. The minimum absolute atomic E-state index is 0.0263. The van der Waals surface area contributed by atoms with Gasteiger partial charge in [0, 0.05) is 0 Å². The Morgan fingerprint density at radius 3 is 2.17 bits per heavy atom. The Balaban J connectivity index is 1.87. The van der Waals surface area contributed by atoms with Crippen molar-refractivity contribution >= 4 is 12.4 Å². The minimum atomic E-state index is -0.930. The molecule has 0 radical (unpaired) electrons. The maximum atomic E-state index is 11.4. The smallest absolute Gasteiger partial charge is 0.308 e. The quantitative estimate of drug-likeness (QED) is 0.538. The molecule has 2 aromatic carbocycles. The van der Waals surface area contributed by atoms with E-state index >= 15 is 0 Å². The molecule has 0 aliphatic rings. The Hall–Kier alpha value is -2.66. The first-order valence-electron chi connectivity index (χ1n) is 7.84. The van der Waals surface area contributed by atoms with Gasteiger partial charge in [0.2, 0.25) is 6.41 Å². The van der Waals surface area contributed by atoms with E-state index in [-0.39, 0.29) is 13.2 Å². The number of benzene rings is 2. The Bertz CT molecular complexity index is 630. The molecule has 1 atom stereocenters. The summed E-state index contributed by atoms with van der Waals surface area (Å²) in [5, 5.41) is 10.4. The summed E-state index contributed by atoms with van der Waals surface area (Å²) in [4.78, 5) is 28.0. The van der Waals surface area contributed by atoms with Gasteiger partial charge in [-0.15, -0.1) is 0 Å². The molecular weight excluding hydrogens is 306 g/mol. The summed E-state index contributed by atoms with van der Waals surface area (Å²) < 4.78 is 0. The molecule has 0 saturated carbocycles. The fourth-order valence-corrected chi connectivity index (χ4v) is 2.35. The largest absolute Gasteiger partial charge is 0.481 e. The lowest BCUT2D eigenvalue weighted by atomic mass is 9.99. The number of carboxylic acid groups (broad SMARTS) is 1. The third-order valence-corrected chi connectivity index (χ3v) is 3.73. The molecule has 0 aromatic heterocycles. The molecule has 0 aliphatic heterocycles. The Labute approximate surface area is 141 Å². The van der Waals surface area contributed by atoms with Crippen LogP contribution >= 0.6 is 0 Å². The van der Waals surface area contributed by atoms with E-state index < -0.39 is 11.9 Å². The van der Waals surface area contributed by atoms with Gasteiger partial charge in [0.05, 0.1) is 12.5 Å². The molecule has 5 heteroatoms. The molecule has 24 heavy (non-hydrogen) atoms. The molecule has 2 rings (SSSR count). The molecular formula is C19H21NO4. The van der Waals surface area contributed by atoms with Gasteiger partial charge in [-0.1, -0.05) is 60.7 Å². The van der Waals surface area contributed by atoms with Crippen LogP contribution in [0.4, 0.5) is 0 Å². The maximum absolute atomic E-state index is 11.4. The van der Waals surface area contributed by atoms with Crippen LogP contribution in [0.3, 0.4) is 0 Å². The first-order chi connectivity index (χ1) is 11.7. The number of nitrogens with zero attached hydrogens (tertiary/aromatic N) is 1. The summed E-state index contributed by atoms with van der Waals surface area (Å²) >= 11 is 0. The summed E-state index contributed by atoms with van der Waals surface area (Å²) in [5.74, 6) is -1.60. The molecule has 1 N–H and O–H groups in total. The van der Waals surface area contributed by atoms with Gasteiger partial charge in [-0.2, -0.15) is 0 Å². The van der Waals surface area contributed by atoms with Crippen LogP contribution in [-0.4, -0.2) is 29.1 Å². The fraction of sp³-hybridized carbons (Fsp3) is 0.263.